The summed E-state index contributed by atoms with van der Waals surface area (Å²) in [5, 5.41) is 17.9. The first kappa shape index (κ1) is 31.4. The molecule has 0 N–H and O–H groups in total. The first-order chi connectivity index (χ1) is 26.7. The molecule has 10 aromatic rings. The van der Waals surface area contributed by atoms with Gasteiger partial charge in [0.1, 0.15) is 0 Å². The maximum atomic E-state index is 10.7. The second-order valence-corrected chi connectivity index (χ2v) is 13.7. The van der Waals surface area contributed by atoms with Gasteiger partial charge in [0, 0.05) is 49.4 Å². The van der Waals surface area contributed by atoms with E-state index in [0.717, 1.165) is 66.7 Å². The average Bonchev–Trinajstić information content (AvgIpc) is 3.87. The van der Waals surface area contributed by atoms with Gasteiger partial charge in [0.25, 0.3) is 0 Å². The molecular formula is C50H34N4. The van der Waals surface area contributed by atoms with Crippen molar-refractivity contribution >= 4 is 76.7 Å². The minimum absolute atomic E-state index is 0.550. The number of nitrogens with zero attached hydrogens (tertiary/aromatic N) is 4. The van der Waals surface area contributed by atoms with E-state index in [0.29, 0.717) is 5.57 Å². The van der Waals surface area contributed by atoms with Crippen LogP contribution in [0.3, 0.4) is 0 Å². The van der Waals surface area contributed by atoms with Crippen LogP contribution in [0, 0.1) is 11.3 Å². The summed E-state index contributed by atoms with van der Waals surface area (Å²) in [6.45, 7) is 6.29. The fourth-order valence-corrected chi connectivity index (χ4v) is 8.53. The SMILES string of the molecule is C=C/C(=C(C#N)\C=C(/C)n1c2ccccc2c2ccc3c4ccccc4n(-c4ccccc4)c3c21)c1ccc(-n2c3ccccc3c3ccccc32)cc1. The molecule has 0 saturated carbocycles. The number of para-hydroxylation sites is 5. The third-order valence-electron chi connectivity index (χ3n) is 10.8. The molecule has 4 nitrogen and oxygen atoms in total. The lowest BCUT2D eigenvalue weighted by Gasteiger charge is -2.13. The summed E-state index contributed by atoms with van der Waals surface area (Å²) in [7, 11) is 0. The predicted octanol–water partition coefficient (Wildman–Crippen LogP) is 13.0. The van der Waals surface area contributed by atoms with Crippen molar-refractivity contribution in [2.75, 3.05) is 0 Å². The predicted molar refractivity (Wildman–Crippen MR) is 227 cm³/mol. The van der Waals surface area contributed by atoms with Gasteiger partial charge in [0.15, 0.2) is 0 Å². The highest BCUT2D eigenvalue weighted by Gasteiger charge is 2.21. The molecule has 7 aromatic carbocycles. The summed E-state index contributed by atoms with van der Waals surface area (Å²) in [5.41, 5.74) is 12.2. The molecule has 3 aromatic heterocycles. The van der Waals surface area contributed by atoms with E-state index in [-0.39, 0.29) is 0 Å². The molecular weight excluding hydrogens is 657 g/mol. The molecule has 54 heavy (non-hydrogen) atoms. The van der Waals surface area contributed by atoms with Gasteiger partial charge in [-0.05, 0) is 72.7 Å². The second kappa shape index (κ2) is 12.4. The van der Waals surface area contributed by atoms with Gasteiger partial charge >= 0.3 is 0 Å². The third-order valence-corrected chi connectivity index (χ3v) is 10.8. The molecule has 0 saturated heterocycles. The van der Waals surface area contributed by atoms with Crippen LogP contribution in [0.25, 0.3) is 88.1 Å². The fourth-order valence-electron chi connectivity index (χ4n) is 8.53. The summed E-state index contributed by atoms with van der Waals surface area (Å²) in [6, 6.07) is 60.3. The van der Waals surface area contributed by atoms with Gasteiger partial charge in [-0.1, -0.05) is 128 Å². The molecule has 0 radical (unpaired) electrons. The zero-order valence-electron chi connectivity index (χ0n) is 29.7. The van der Waals surface area contributed by atoms with E-state index in [1.54, 1.807) is 6.08 Å². The Balaban J connectivity index is 1.18. The maximum Gasteiger partial charge on any atom is 0.0998 e. The van der Waals surface area contributed by atoms with Gasteiger partial charge in [-0.15, -0.1) is 0 Å². The number of hydrogen-bond donors (Lipinski definition) is 0. The Bertz CT molecular complexity index is 3180. The van der Waals surface area contributed by atoms with Crippen LogP contribution in [0.4, 0.5) is 0 Å². The Hall–Kier alpha value is -7.35. The number of fused-ring (bicyclic) bond motifs is 10. The summed E-state index contributed by atoms with van der Waals surface area (Å²) in [5.74, 6) is 0. The minimum Gasteiger partial charge on any atom is -0.311 e. The van der Waals surface area contributed by atoms with Crippen molar-refractivity contribution in [1.82, 2.24) is 13.7 Å². The molecule has 0 unspecified atom stereocenters. The molecule has 0 aliphatic carbocycles. The highest BCUT2D eigenvalue weighted by Crippen LogP contribution is 2.42. The zero-order chi connectivity index (χ0) is 36.3. The highest BCUT2D eigenvalue weighted by atomic mass is 15.0. The lowest BCUT2D eigenvalue weighted by Crippen LogP contribution is -1.99. The fraction of sp³-hybridized carbons (Fsp3) is 0.0200. The maximum absolute atomic E-state index is 10.7. The Morgan fingerprint density at radius 1 is 0.500 bits per heavy atom. The average molecular weight is 691 g/mol. The molecule has 0 aliphatic rings. The topological polar surface area (TPSA) is 38.6 Å². The van der Waals surface area contributed by atoms with Gasteiger partial charge in [-0.25, -0.2) is 0 Å². The molecule has 0 fully saturated rings. The van der Waals surface area contributed by atoms with E-state index in [9.17, 15) is 5.26 Å². The molecule has 0 bridgehead atoms. The van der Waals surface area contributed by atoms with Crippen molar-refractivity contribution in [2.45, 2.75) is 6.92 Å². The monoisotopic (exact) mass is 690 g/mol. The van der Waals surface area contributed by atoms with Crippen molar-refractivity contribution in [3.05, 3.63) is 194 Å². The van der Waals surface area contributed by atoms with Gasteiger partial charge in [-0.2, -0.15) is 5.26 Å². The quantitative estimate of drug-likeness (QED) is 0.126. The molecule has 4 heteroatoms. The van der Waals surface area contributed by atoms with Crippen molar-refractivity contribution in [1.29, 1.82) is 5.26 Å². The molecule has 0 atom stereocenters. The summed E-state index contributed by atoms with van der Waals surface area (Å²) < 4.78 is 7.01. The standard InChI is InChI=1S/C50H34N4/c1-3-38(34-25-27-37(28-26-34)53-46-22-12-7-17-39(46)40-18-8-13-23-47(40)53)35(32-51)31-33(2)52-45-21-11-9-19-41(45)43-29-30-44-42-20-10-14-24-48(42)54(50(44)49(43)52)36-15-5-4-6-16-36/h3-31H,1H2,2H3/b33-31+,38-35-. The number of benzene rings is 7. The number of nitriles is 1. The second-order valence-electron chi connectivity index (χ2n) is 13.7. The molecule has 0 amide bonds. The molecule has 254 valence electrons. The Labute approximate surface area is 312 Å². The summed E-state index contributed by atoms with van der Waals surface area (Å²) in [6.07, 6.45) is 3.81. The van der Waals surface area contributed by atoms with Crippen molar-refractivity contribution in [2.24, 2.45) is 0 Å². The van der Waals surface area contributed by atoms with E-state index < -0.39 is 0 Å². The van der Waals surface area contributed by atoms with Gasteiger partial charge < -0.3 is 13.7 Å². The van der Waals surface area contributed by atoms with Crippen LogP contribution in [0.15, 0.2) is 188 Å². The number of hydrogen-bond acceptors (Lipinski definition) is 1. The van der Waals surface area contributed by atoms with Crippen molar-refractivity contribution in [3.63, 3.8) is 0 Å². The van der Waals surface area contributed by atoms with Crippen LogP contribution in [0.1, 0.15) is 12.5 Å². The molecule has 0 aliphatic heterocycles. The number of allylic oxidation sites excluding steroid dienone is 5. The third kappa shape index (κ3) is 4.62. The first-order valence-corrected chi connectivity index (χ1v) is 18.2. The first-order valence-electron chi connectivity index (χ1n) is 18.2. The van der Waals surface area contributed by atoms with Crippen molar-refractivity contribution in [3.8, 4) is 17.4 Å². The lowest BCUT2D eigenvalue weighted by atomic mass is 9.99. The lowest BCUT2D eigenvalue weighted by molar-refractivity contribution is 1.16. The van der Waals surface area contributed by atoms with Crippen LogP contribution in [-0.2, 0) is 0 Å². The number of rotatable bonds is 6. The Morgan fingerprint density at radius 3 is 1.54 bits per heavy atom. The highest BCUT2D eigenvalue weighted by molar-refractivity contribution is 6.24. The van der Waals surface area contributed by atoms with Crippen LogP contribution < -0.4 is 0 Å². The number of aromatic nitrogens is 3. The van der Waals surface area contributed by atoms with Crippen LogP contribution in [-0.4, -0.2) is 13.7 Å². The normalized spacial score (nSPS) is 12.6. The summed E-state index contributed by atoms with van der Waals surface area (Å²) >= 11 is 0. The van der Waals surface area contributed by atoms with E-state index in [4.69, 9.17) is 0 Å². The van der Waals surface area contributed by atoms with E-state index >= 15 is 0 Å². The Kier molecular flexibility index (Phi) is 7.21. The minimum atomic E-state index is 0.550. The van der Waals surface area contributed by atoms with Crippen LogP contribution in [0.5, 0.6) is 0 Å². The largest absolute Gasteiger partial charge is 0.311 e. The molecule has 0 spiro atoms. The van der Waals surface area contributed by atoms with E-state index in [2.05, 4.69) is 197 Å². The zero-order valence-corrected chi connectivity index (χ0v) is 29.7. The van der Waals surface area contributed by atoms with E-state index in [1.807, 2.05) is 6.08 Å². The van der Waals surface area contributed by atoms with E-state index in [1.165, 1.54) is 26.9 Å². The van der Waals surface area contributed by atoms with Gasteiger partial charge in [-0.3, -0.25) is 0 Å². The smallest absolute Gasteiger partial charge is 0.0998 e. The van der Waals surface area contributed by atoms with Crippen LogP contribution >= 0.6 is 0 Å². The molecule has 10 rings (SSSR count). The summed E-state index contributed by atoms with van der Waals surface area (Å²) in [4.78, 5) is 0. The van der Waals surface area contributed by atoms with Crippen molar-refractivity contribution < 1.29 is 0 Å². The molecule has 3 heterocycles. The van der Waals surface area contributed by atoms with Gasteiger partial charge in [0.2, 0.25) is 0 Å². The van der Waals surface area contributed by atoms with Crippen LogP contribution in [0.2, 0.25) is 0 Å². The van der Waals surface area contributed by atoms with Gasteiger partial charge in [0.05, 0.1) is 44.7 Å². The Morgan fingerprint density at radius 2 is 0.963 bits per heavy atom.